The van der Waals surface area contributed by atoms with Crippen LogP contribution in [-0.2, 0) is 28.5 Å². The Balaban J connectivity index is 1.72. The fraction of sp³-hybridized carbons (Fsp3) is 0.611. The molecule has 7 nitrogen and oxygen atoms in total. The number of benzene rings is 1. The number of aliphatic hydroxyl groups excluding tert-OH is 1. The van der Waals surface area contributed by atoms with Crippen LogP contribution < -0.4 is 0 Å². The van der Waals surface area contributed by atoms with E-state index in [1.807, 2.05) is 37.3 Å². The second-order valence-electron chi connectivity index (χ2n) is 6.15. The van der Waals surface area contributed by atoms with Crippen molar-refractivity contribution in [2.45, 2.75) is 56.8 Å². The van der Waals surface area contributed by atoms with Crippen molar-refractivity contribution in [3.63, 3.8) is 0 Å². The Morgan fingerprint density at radius 1 is 1.28 bits per heavy atom. The standard InChI is InChI=1S/C18H24O7/c1-3-7-13(19)24-16-14(20)15-12(23-18(16)21-2)10-22-17(25-15)11-8-5-4-6-9-11/h4-6,8-9,12,14-18,20H,3,7,10H2,1-2H3/t12-,14+,15-,16-,17-,18+/m1/s1. The summed E-state index contributed by atoms with van der Waals surface area (Å²) in [5.74, 6) is -0.401. The Hall–Kier alpha value is -1.51. The van der Waals surface area contributed by atoms with Gasteiger partial charge in [-0.1, -0.05) is 37.3 Å². The van der Waals surface area contributed by atoms with Crippen LogP contribution >= 0.6 is 0 Å². The first-order valence-corrected chi connectivity index (χ1v) is 8.51. The topological polar surface area (TPSA) is 83.5 Å². The molecule has 2 heterocycles. The van der Waals surface area contributed by atoms with Gasteiger partial charge in [-0.2, -0.15) is 0 Å². The van der Waals surface area contributed by atoms with Crippen LogP contribution in [0.3, 0.4) is 0 Å². The number of rotatable bonds is 5. The van der Waals surface area contributed by atoms with Crippen molar-refractivity contribution in [3.05, 3.63) is 35.9 Å². The Labute approximate surface area is 146 Å². The maximum atomic E-state index is 11.9. The molecule has 0 bridgehead atoms. The lowest BCUT2D eigenvalue weighted by Gasteiger charge is -2.46. The van der Waals surface area contributed by atoms with Crippen molar-refractivity contribution in [2.24, 2.45) is 0 Å². The molecule has 0 amide bonds. The van der Waals surface area contributed by atoms with Crippen LogP contribution in [0.15, 0.2) is 30.3 Å². The van der Waals surface area contributed by atoms with Crippen molar-refractivity contribution in [1.29, 1.82) is 0 Å². The first-order chi connectivity index (χ1) is 12.1. The maximum Gasteiger partial charge on any atom is 0.306 e. The number of ether oxygens (including phenoxy) is 5. The van der Waals surface area contributed by atoms with E-state index in [1.54, 1.807) is 0 Å². The first kappa shape index (κ1) is 18.3. The third kappa shape index (κ3) is 4.02. The molecule has 3 rings (SSSR count). The molecule has 0 aliphatic carbocycles. The molecule has 0 spiro atoms. The summed E-state index contributed by atoms with van der Waals surface area (Å²) in [5.41, 5.74) is 0.849. The molecule has 0 saturated carbocycles. The van der Waals surface area contributed by atoms with E-state index in [9.17, 15) is 9.90 Å². The van der Waals surface area contributed by atoms with E-state index in [4.69, 9.17) is 23.7 Å². The van der Waals surface area contributed by atoms with Crippen LogP contribution in [0.2, 0.25) is 0 Å². The lowest BCUT2D eigenvalue weighted by molar-refractivity contribution is -0.358. The molecule has 0 aromatic heterocycles. The van der Waals surface area contributed by atoms with Crippen LogP contribution in [0.5, 0.6) is 0 Å². The minimum absolute atomic E-state index is 0.247. The van der Waals surface area contributed by atoms with Crippen molar-refractivity contribution in [1.82, 2.24) is 0 Å². The minimum atomic E-state index is -1.07. The summed E-state index contributed by atoms with van der Waals surface area (Å²) >= 11 is 0. The van der Waals surface area contributed by atoms with Crippen LogP contribution in [-0.4, -0.2) is 55.5 Å². The second-order valence-corrected chi connectivity index (χ2v) is 6.15. The SMILES string of the molecule is CCCC(=O)O[C@H]1[C@@H](OC)O[C@@H]2CO[C@@H](c3ccccc3)O[C@H]2[C@@H]1O. The Kier molecular flexibility index (Phi) is 6.03. The van der Waals surface area contributed by atoms with Gasteiger partial charge in [0.25, 0.3) is 0 Å². The molecule has 2 aliphatic rings. The van der Waals surface area contributed by atoms with Gasteiger partial charge in [0.2, 0.25) is 0 Å². The summed E-state index contributed by atoms with van der Waals surface area (Å²) in [6.45, 7) is 2.13. The molecular formula is C18H24O7. The molecule has 1 N–H and O–H groups in total. The molecule has 7 heteroatoms. The van der Waals surface area contributed by atoms with E-state index in [-0.39, 0.29) is 13.0 Å². The maximum absolute atomic E-state index is 11.9. The lowest BCUT2D eigenvalue weighted by Crippen LogP contribution is -2.63. The number of hydrogen-bond donors (Lipinski definition) is 1. The molecule has 1 aromatic carbocycles. The summed E-state index contributed by atoms with van der Waals surface area (Å²) < 4.78 is 28.0. The van der Waals surface area contributed by atoms with Gasteiger partial charge in [0.05, 0.1) is 6.61 Å². The third-order valence-corrected chi connectivity index (χ3v) is 4.34. The molecule has 1 aromatic rings. The molecule has 2 saturated heterocycles. The fourth-order valence-corrected chi connectivity index (χ4v) is 3.08. The molecular weight excluding hydrogens is 328 g/mol. The van der Waals surface area contributed by atoms with E-state index in [2.05, 4.69) is 0 Å². The number of methoxy groups -OCH3 is 1. The van der Waals surface area contributed by atoms with Crippen molar-refractivity contribution < 1.29 is 33.6 Å². The van der Waals surface area contributed by atoms with Crippen LogP contribution in [0, 0.1) is 0 Å². The molecule has 6 atom stereocenters. The Bertz CT molecular complexity index is 564. The first-order valence-electron chi connectivity index (χ1n) is 8.51. The van der Waals surface area contributed by atoms with Gasteiger partial charge in [0, 0.05) is 19.1 Å². The average molecular weight is 352 g/mol. The zero-order chi connectivity index (χ0) is 17.8. The highest BCUT2D eigenvalue weighted by Gasteiger charge is 2.51. The quantitative estimate of drug-likeness (QED) is 0.805. The van der Waals surface area contributed by atoms with Crippen LogP contribution in [0.25, 0.3) is 0 Å². The summed E-state index contributed by atoms with van der Waals surface area (Å²) in [7, 11) is 1.44. The highest BCUT2D eigenvalue weighted by molar-refractivity contribution is 5.69. The second kappa shape index (κ2) is 8.25. The molecule has 138 valence electrons. The van der Waals surface area contributed by atoms with E-state index >= 15 is 0 Å². The molecule has 0 unspecified atom stereocenters. The Morgan fingerprint density at radius 3 is 2.72 bits per heavy atom. The monoisotopic (exact) mass is 352 g/mol. The minimum Gasteiger partial charge on any atom is -0.454 e. The average Bonchev–Trinajstić information content (AvgIpc) is 2.64. The summed E-state index contributed by atoms with van der Waals surface area (Å²) in [6, 6.07) is 9.45. The van der Waals surface area contributed by atoms with Gasteiger partial charge in [0.1, 0.15) is 18.3 Å². The van der Waals surface area contributed by atoms with Gasteiger partial charge in [-0.25, -0.2) is 0 Å². The predicted molar refractivity (Wildman–Crippen MR) is 86.5 cm³/mol. The number of carbonyl (C=O) groups is 1. The van der Waals surface area contributed by atoms with E-state index < -0.39 is 43.0 Å². The summed E-state index contributed by atoms with van der Waals surface area (Å²) in [5, 5.41) is 10.7. The number of fused-ring (bicyclic) bond motifs is 1. The van der Waals surface area contributed by atoms with Crippen LogP contribution in [0.1, 0.15) is 31.6 Å². The highest BCUT2D eigenvalue weighted by Crippen LogP contribution is 2.35. The van der Waals surface area contributed by atoms with Crippen LogP contribution in [0.4, 0.5) is 0 Å². The van der Waals surface area contributed by atoms with E-state index in [1.165, 1.54) is 7.11 Å². The van der Waals surface area contributed by atoms with Gasteiger partial charge >= 0.3 is 5.97 Å². The Morgan fingerprint density at radius 2 is 2.04 bits per heavy atom. The van der Waals surface area contributed by atoms with E-state index in [0.29, 0.717) is 6.42 Å². The summed E-state index contributed by atoms with van der Waals surface area (Å²) in [6.07, 6.45) is -3.73. The van der Waals surface area contributed by atoms with Gasteiger partial charge in [-0.15, -0.1) is 0 Å². The summed E-state index contributed by atoms with van der Waals surface area (Å²) in [4.78, 5) is 11.9. The van der Waals surface area contributed by atoms with Gasteiger partial charge in [-0.05, 0) is 6.42 Å². The normalized spacial score (nSPS) is 35.0. The van der Waals surface area contributed by atoms with Gasteiger partial charge in [-0.3, -0.25) is 4.79 Å². The molecule has 25 heavy (non-hydrogen) atoms. The molecule has 2 aliphatic heterocycles. The molecule has 2 fully saturated rings. The van der Waals surface area contributed by atoms with Crippen molar-refractivity contribution in [3.8, 4) is 0 Å². The number of aliphatic hydroxyl groups is 1. The number of hydrogen-bond acceptors (Lipinski definition) is 7. The largest absolute Gasteiger partial charge is 0.454 e. The smallest absolute Gasteiger partial charge is 0.306 e. The zero-order valence-electron chi connectivity index (χ0n) is 14.4. The van der Waals surface area contributed by atoms with Gasteiger partial charge < -0.3 is 28.8 Å². The third-order valence-electron chi connectivity index (χ3n) is 4.34. The van der Waals surface area contributed by atoms with Gasteiger partial charge in [0.15, 0.2) is 18.7 Å². The van der Waals surface area contributed by atoms with Crippen molar-refractivity contribution in [2.75, 3.05) is 13.7 Å². The zero-order valence-corrected chi connectivity index (χ0v) is 14.4. The van der Waals surface area contributed by atoms with E-state index in [0.717, 1.165) is 5.56 Å². The highest BCUT2D eigenvalue weighted by atomic mass is 16.8. The number of esters is 1. The fourth-order valence-electron chi connectivity index (χ4n) is 3.08. The number of carbonyl (C=O) groups excluding carboxylic acids is 1. The lowest BCUT2D eigenvalue weighted by atomic mass is 9.97. The van der Waals surface area contributed by atoms with Crippen molar-refractivity contribution >= 4 is 5.97 Å². The molecule has 0 radical (unpaired) electrons. The predicted octanol–water partition coefficient (Wildman–Crippen LogP) is 1.54.